The molecule has 3 aromatic rings. The van der Waals surface area contributed by atoms with E-state index in [-0.39, 0.29) is 23.8 Å². The van der Waals surface area contributed by atoms with Gasteiger partial charge in [0, 0.05) is 37.5 Å². The molecular formula is C18H18ClF3N6O. The molecule has 0 bridgehead atoms. The van der Waals surface area contributed by atoms with E-state index < -0.39 is 17.8 Å². The van der Waals surface area contributed by atoms with E-state index in [9.17, 15) is 18.0 Å². The Hall–Kier alpha value is -2.62. The Bertz CT molecular complexity index is 1090. The molecule has 0 N–H and O–H groups in total. The zero-order valence-electron chi connectivity index (χ0n) is 15.7. The van der Waals surface area contributed by atoms with E-state index in [1.807, 2.05) is 6.92 Å². The number of hydrogen-bond donors (Lipinski definition) is 0. The van der Waals surface area contributed by atoms with E-state index in [2.05, 4.69) is 15.2 Å². The van der Waals surface area contributed by atoms with Crippen LogP contribution in [0.2, 0.25) is 5.02 Å². The molecule has 0 aliphatic heterocycles. The second-order valence-electron chi connectivity index (χ2n) is 7.08. The van der Waals surface area contributed by atoms with Gasteiger partial charge in [0.05, 0.1) is 11.6 Å². The van der Waals surface area contributed by atoms with Crippen molar-refractivity contribution >= 4 is 23.2 Å². The predicted molar refractivity (Wildman–Crippen MR) is 98.7 cm³/mol. The fourth-order valence-electron chi connectivity index (χ4n) is 3.09. The van der Waals surface area contributed by atoms with E-state index >= 15 is 0 Å². The lowest BCUT2D eigenvalue weighted by Crippen LogP contribution is -2.27. The van der Waals surface area contributed by atoms with Crippen LogP contribution in [0.25, 0.3) is 5.65 Å². The molecule has 3 aromatic heterocycles. The van der Waals surface area contributed by atoms with Crippen molar-refractivity contribution in [3.8, 4) is 0 Å². The van der Waals surface area contributed by atoms with Crippen LogP contribution in [0, 0.1) is 0 Å². The number of aryl methyl sites for hydroxylation is 1. The summed E-state index contributed by atoms with van der Waals surface area (Å²) < 4.78 is 42.9. The van der Waals surface area contributed by atoms with Crippen molar-refractivity contribution in [3.05, 3.63) is 46.1 Å². The number of fused-ring (bicyclic) bond motifs is 1. The minimum atomic E-state index is -4.61. The van der Waals surface area contributed by atoms with Gasteiger partial charge in [-0.1, -0.05) is 11.6 Å². The number of nitrogens with zero attached hydrogens (tertiary/aromatic N) is 6. The van der Waals surface area contributed by atoms with E-state index in [0.717, 1.165) is 18.9 Å². The molecule has 0 unspecified atom stereocenters. The van der Waals surface area contributed by atoms with Crippen LogP contribution >= 0.6 is 11.6 Å². The molecule has 1 amide bonds. The van der Waals surface area contributed by atoms with E-state index in [0.29, 0.717) is 27.5 Å². The standard InChI is InChI=1S/C18H18ClF3N6O/c1-3-27-8-11(19)14(24-27)9-26(2)17(29)13-7-16-23-12(10-4-5-10)6-15(18(20,21)22)28(16)25-13/h6-8,10H,3-5,9H2,1-2H3. The first-order valence-electron chi connectivity index (χ1n) is 9.12. The lowest BCUT2D eigenvalue weighted by atomic mass is 10.2. The Balaban J connectivity index is 1.66. The average Bonchev–Trinajstić information content (AvgIpc) is 3.33. The lowest BCUT2D eigenvalue weighted by Gasteiger charge is -2.14. The maximum atomic E-state index is 13.5. The number of carbonyl (C=O) groups excluding carboxylic acids is 1. The number of aromatic nitrogens is 5. The third-order valence-electron chi connectivity index (χ3n) is 4.80. The van der Waals surface area contributed by atoms with Gasteiger partial charge in [-0.05, 0) is 25.8 Å². The minimum absolute atomic E-state index is 0.00627. The van der Waals surface area contributed by atoms with E-state index in [1.54, 1.807) is 10.9 Å². The Labute approximate surface area is 169 Å². The topological polar surface area (TPSA) is 68.3 Å². The van der Waals surface area contributed by atoms with Crippen LogP contribution in [0.5, 0.6) is 0 Å². The number of rotatable bonds is 5. The van der Waals surface area contributed by atoms with Crippen molar-refractivity contribution in [3.63, 3.8) is 0 Å². The molecule has 0 radical (unpaired) electrons. The Kier molecular flexibility index (Phi) is 4.76. The molecule has 4 rings (SSSR count). The van der Waals surface area contributed by atoms with Gasteiger partial charge in [0.2, 0.25) is 0 Å². The predicted octanol–water partition coefficient (Wildman–Crippen LogP) is 3.77. The molecular weight excluding hydrogens is 409 g/mol. The molecule has 11 heteroatoms. The molecule has 0 spiro atoms. The molecule has 1 aliphatic rings. The van der Waals surface area contributed by atoms with Gasteiger partial charge >= 0.3 is 6.18 Å². The van der Waals surface area contributed by atoms with Crippen LogP contribution in [0.1, 0.15) is 53.3 Å². The maximum absolute atomic E-state index is 13.5. The van der Waals surface area contributed by atoms with Gasteiger partial charge in [-0.3, -0.25) is 9.48 Å². The van der Waals surface area contributed by atoms with Crippen LogP contribution in [0.3, 0.4) is 0 Å². The van der Waals surface area contributed by atoms with Crippen molar-refractivity contribution in [1.82, 2.24) is 29.3 Å². The van der Waals surface area contributed by atoms with E-state index in [4.69, 9.17) is 11.6 Å². The fourth-order valence-corrected chi connectivity index (χ4v) is 3.30. The molecule has 7 nitrogen and oxygen atoms in total. The summed E-state index contributed by atoms with van der Waals surface area (Å²) in [5.74, 6) is -0.507. The van der Waals surface area contributed by atoms with Gasteiger partial charge < -0.3 is 4.90 Å². The fraction of sp³-hybridized carbons (Fsp3) is 0.444. The van der Waals surface area contributed by atoms with Gasteiger partial charge in [-0.15, -0.1) is 0 Å². The van der Waals surface area contributed by atoms with Crippen molar-refractivity contribution in [2.45, 2.75) is 44.9 Å². The van der Waals surface area contributed by atoms with Gasteiger partial charge in [0.25, 0.3) is 5.91 Å². The summed E-state index contributed by atoms with van der Waals surface area (Å²) in [4.78, 5) is 18.4. The Morgan fingerprint density at radius 2 is 2.03 bits per heavy atom. The normalized spacial score (nSPS) is 14.6. The van der Waals surface area contributed by atoms with Gasteiger partial charge in [0.15, 0.2) is 11.3 Å². The number of alkyl halides is 3. The highest BCUT2D eigenvalue weighted by atomic mass is 35.5. The quantitative estimate of drug-likeness (QED) is 0.623. The zero-order chi connectivity index (χ0) is 20.9. The molecule has 29 heavy (non-hydrogen) atoms. The highest BCUT2D eigenvalue weighted by molar-refractivity contribution is 6.31. The molecule has 1 fully saturated rings. The molecule has 0 aromatic carbocycles. The highest BCUT2D eigenvalue weighted by Crippen LogP contribution is 2.41. The average molecular weight is 427 g/mol. The summed E-state index contributed by atoms with van der Waals surface area (Å²) in [5.41, 5.74) is -0.167. The largest absolute Gasteiger partial charge is 0.433 e. The lowest BCUT2D eigenvalue weighted by molar-refractivity contribution is -0.142. The number of amides is 1. The van der Waals surface area contributed by atoms with Crippen LogP contribution in [-0.4, -0.2) is 42.2 Å². The summed E-state index contributed by atoms with van der Waals surface area (Å²) in [6.07, 6.45) is -1.33. The number of hydrogen-bond acceptors (Lipinski definition) is 4. The molecule has 3 heterocycles. The van der Waals surface area contributed by atoms with Crippen LogP contribution in [0.4, 0.5) is 13.2 Å². The zero-order valence-corrected chi connectivity index (χ0v) is 16.5. The van der Waals surface area contributed by atoms with E-state index in [1.165, 1.54) is 18.0 Å². The third-order valence-corrected chi connectivity index (χ3v) is 5.11. The van der Waals surface area contributed by atoms with Crippen molar-refractivity contribution in [1.29, 1.82) is 0 Å². The van der Waals surface area contributed by atoms with Gasteiger partial charge in [-0.25, -0.2) is 9.50 Å². The van der Waals surface area contributed by atoms with Crippen molar-refractivity contribution < 1.29 is 18.0 Å². The molecule has 0 atom stereocenters. The summed E-state index contributed by atoms with van der Waals surface area (Å²) in [6, 6.07) is 2.30. The molecule has 154 valence electrons. The summed E-state index contributed by atoms with van der Waals surface area (Å²) in [5, 5.41) is 8.58. The first kappa shape index (κ1) is 19.7. The van der Waals surface area contributed by atoms with Gasteiger partial charge in [0.1, 0.15) is 11.4 Å². The second-order valence-corrected chi connectivity index (χ2v) is 7.49. The van der Waals surface area contributed by atoms with Crippen molar-refractivity contribution in [2.75, 3.05) is 7.05 Å². The van der Waals surface area contributed by atoms with Crippen LogP contribution in [0.15, 0.2) is 18.3 Å². The summed E-state index contributed by atoms with van der Waals surface area (Å²) >= 11 is 6.13. The van der Waals surface area contributed by atoms with Gasteiger partial charge in [-0.2, -0.15) is 23.4 Å². The second kappa shape index (κ2) is 7.01. The van der Waals surface area contributed by atoms with Crippen LogP contribution < -0.4 is 0 Å². The number of halogens is 4. The first-order chi connectivity index (χ1) is 13.7. The Morgan fingerprint density at radius 3 is 2.62 bits per heavy atom. The third kappa shape index (κ3) is 3.81. The Morgan fingerprint density at radius 1 is 1.31 bits per heavy atom. The highest BCUT2D eigenvalue weighted by Gasteiger charge is 2.37. The maximum Gasteiger partial charge on any atom is 0.433 e. The summed E-state index contributed by atoms with van der Waals surface area (Å²) in [6.45, 7) is 2.63. The number of carbonyl (C=O) groups is 1. The smallest absolute Gasteiger partial charge is 0.334 e. The van der Waals surface area contributed by atoms with Crippen LogP contribution in [-0.2, 0) is 19.3 Å². The molecule has 0 saturated heterocycles. The SMILES string of the molecule is CCn1cc(Cl)c(CN(C)C(=O)c2cc3nc(C4CC4)cc(C(F)(F)F)n3n2)n1. The molecule has 1 saturated carbocycles. The first-order valence-corrected chi connectivity index (χ1v) is 9.50. The summed E-state index contributed by atoms with van der Waals surface area (Å²) in [7, 11) is 1.52. The molecule has 1 aliphatic carbocycles. The van der Waals surface area contributed by atoms with Crippen molar-refractivity contribution in [2.24, 2.45) is 0 Å². The monoisotopic (exact) mass is 426 g/mol. The minimum Gasteiger partial charge on any atom is -0.334 e.